The van der Waals surface area contributed by atoms with Crippen molar-refractivity contribution in [3.8, 4) is 0 Å². The normalized spacial score (nSPS) is 18.6. The Balaban J connectivity index is 1.67. The smallest absolute Gasteiger partial charge is 0.367 e. The van der Waals surface area contributed by atoms with Crippen molar-refractivity contribution in [3.63, 3.8) is 0 Å². The predicted molar refractivity (Wildman–Crippen MR) is 104 cm³/mol. The molecule has 0 saturated carbocycles. The maximum atomic E-state index is 13.3. The molecule has 13 heteroatoms. The number of nitrogens with one attached hydrogen (secondary N) is 4. The first kappa shape index (κ1) is 20.9. The Bertz CT molecular complexity index is 922. The average Bonchev–Trinajstić information content (AvgIpc) is 3.22. The second-order valence-electron chi connectivity index (χ2n) is 6.68. The number of carbonyl (C=O) groups is 1. The summed E-state index contributed by atoms with van der Waals surface area (Å²) in [5.74, 6) is -0.650. The van der Waals surface area contributed by atoms with Gasteiger partial charge < -0.3 is 10.6 Å². The van der Waals surface area contributed by atoms with E-state index in [1.807, 2.05) is 13.8 Å². The minimum absolute atomic E-state index is 0.0175. The number of amides is 1. The van der Waals surface area contributed by atoms with Gasteiger partial charge in [0.05, 0.1) is 23.8 Å². The molecule has 1 aliphatic heterocycles. The minimum Gasteiger partial charge on any atom is -0.367 e. The van der Waals surface area contributed by atoms with Crippen molar-refractivity contribution >= 4 is 34.7 Å². The van der Waals surface area contributed by atoms with Gasteiger partial charge in [-0.05, 0) is 39.4 Å². The van der Waals surface area contributed by atoms with Gasteiger partial charge in [-0.25, -0.2) is 4.68 Å². The van der Waals surface area contributed by atoms with E-state index in [9.17, 15) is 18.0 Å². The number of nitrogens with zero attached hydrogens (tertiary/aromatic N) is 4. The lowest BCUT2D eigenvalue weighted by molar-refractivity contribution is -0.173. The van der Waals surface area contributed by atoms with Crippen molar-refractivity contribution in [2.24, 2.45) is 0 Å². The van der Waals surface area contributed by atoms with Crippen LogP contribution in [0.1, 0.15) is 42.4 Å². The first-order valence-corrected chi connectivity index (χ1v) is 9.33. The number of hydrogen-bond donors (Lipinski definition) is 4. The lowest BCUT2D eigenvalue weighted by Crippen LogP contribution is -2.44. The van der Waals surface area contributed by atoms with Gasteiger partial charge >= 0.3 is 6.18 Å². The molecule has 2 atom stereocenters. The van der Waals surface area contributed by atoms with Gasteiger partial charge in [-0.2, -0.15) is 23.4 Å². The highest BCUT2D eigenvalue weighted by Gasteiger charge is 2.46. The van der Waals surface area contributed by atoms with E-state index in [1.165, 1.54) is 0 Å². The third-order valence-corrected chi connectivity index (χ3v) is 4.82. The highest BCUT2D eigenvalue weighted by atomic mass is 32.1. The number of aromatic nitrogens is 4. The molecule has 1 aliphatic rings. The zero-order valence-corrected chi connectivity index (χ0v) is 16.8. The quantitative estimate of drug-likeness (QED) is 0.438. The van der Waals surface area contributed by atoms with E-state index in [2.05, 4.69) is 31.7 Å². The highest BCUT2D eigenvalue weighted by molar-refractivity contribution is 7.80. The van der Waals surface area contributed by atoms with Crippen molar-refractivity contribution in [1.29, 1.82) is 0 Å². The molecule has 0 radical (unpaired) electrons. The summed E-state index contributed by atoms with van der Waals surface area (Å²) in [5, 5.41) is 13.8. The maximum absolute atomic E-state index is 13.3. The lowest BCUT2D eigenvalue weighted by Gasteiger charge is -2.31. The fraction of sp³-hybridized carbons (Fsp3) is 0.500. The number of hydrazine groups is 1. The predicted octanol–water partition coefficient (Wildman–Crippen LogP) is 2.35. The molecule has 0 bridgehead atoms. The van der Waals surface area contributed by atoms with Gasteiger partial charge in [-0.3, -0.25) is 20.3 Å². The van der Waals surface area contributed by atoms with Crippen LogP contribution in [0.5, 0.6) is 0 Å². The van der Waals surface area contributed by atoms with Gasteiger partial charge in [0.2, 0.25) is 0 Å². The van der Waals surface area contributed by atoms with Crippen LogP contribution >= 0.6 is 12.2 Å². The molecular formula is C16H21F3N8OS. The zero-order valence-electron chi connectivity index (χ0n) is 16.0. The number of carbonyl (C=O) groups excluding carboxylic acids is 1. The third kappa shape index (κ3) is 4.28. The molecule has 4 N–H and O–H groups in total. The number of hydrogen-bond acceptors (Lipinski definition) is 5. The van der Waals surface area contributed by atoms with E-state index < -0.39 is 24.2 Å². The molecule has 158 valence electrons. The molecule has 1 amide bonds. The summed E-state index contributed by atoms with van der Waals surface area (Å²) in [6.07, 6.45) is -1.93. The minimum atomic E-state index is -4.46. The van der Waals surface area contributed by atoms with Gasteiger partial charge in [0.1, 0.15) is 11.4 Å². The summed E-state index contributed by atoms with van der Waals surface area (Å²) in [6, 6.07) is -2.25. The van der Waals surface area contributed by atoms with Crippen LogP contribution in [0.15, 0.2) is 12.4 Å². The molecule has 0 unspecified atom stereocenters. The van der Waals surface area contributed by atoms with E-state index in [1.54, 1.807) is 17.8 Å². The molecule has 0 spiro atoms. The number of halogens is 3. The van der Waals surface area contributed by atoms with E-state index in [4.69, 9.17) is 12.2 Å². The fourth-order valence-electron chi connectivity index (χ4n) is 3.13. The van der Waals surface area contributed by atoms with Gasteiger partial charge in [0.15, 0.2) is 11.2 Å². The first-order valence-electron chi connectivity index (χ1n) is 8.92. The summed E-state index contributed by atoms with van der Waals surface area (Å²) >= 11 is 5.14. The summed E-state index contributed by atoms with van der Waals surface area (Å²) in [4.78, 5) is 12.5. The molecule has 9 nitrogen and oxygen atoms in total. The Hall–Kier alpha value is -2.83. The van der Waals surface area contributed by atoms with Gasteiger partial charge in [0.25, 0.3) is 5.91 Å². The molecule has 3 heterocycles. The third-order valence-electron chi connectivity index (χ3n) is 4.61. The van der Waals surface area contributed by atoms with Gasteiger partial charge in [-0.1, -0.05) is 0 Å². The second-order valence-corrected chi connectivity index (χ2v) is 7.09. The van der Waals surface area contributed by atoms with Crippen LogP contribution in [0.2, 0.25) is 0 Å². The molecule has 0 aromatic carbocycles. The second kappa shape index (κ2) is 7.89. The van der Waals surface area contributed by atoms with E-state index in [-0.39, 0.29) is 22.9 Å². The summed E-state index contributed by atoms with van der Waals surface area (Å²) in [7, 11) is 0. The average molecular weight is 430 g/mol. The number of anilines is 2. The van der Waals surface area contributed by atoms with Crippen LogP contribution in [0.25, 0.3) is 0 Å². The van der Waals surface area contributed by atoms with Crippen molar-refractivity contribution in [2.75, 3.05) is 10.6 Å². The lowest BCUT2D eigenvalue weighted by atomic mass is 10.1. The highest BCUT2D eigenvalue weighted by Crippen LogP contribution is 2.39. The molecule has 2 aromatic heterocycles. The molecular weight excluding hydrogens is 409 g/mol. The molecule has 0 aliphatic carbocycles. The molecule has 2 aromatic rings. The molecule has 0 saturated heterocycles. The van der Waals surface area contributed by atoms with Crippen LogP contribution < -0.4 is 21.5 Å². The standard InChI is InChI=1S/C16H21F3N8OS/c1-4-26-9(3)11(7-20-26)23-15(29)25-24-14(28)10-6-21-27-12(16(17,18)19)5-8(2)22-13(10)27/h6-8,12,22H,4-5H2,1-3H3,(H,24,28)(H2,23,25,29)/t8-,12+/m0/s1. The van der Waals surface area contributed by atoms with Crippen LogP contribution in [0.3, 0.4) is 0 Å². The van der Waals surface area contributed by atoms with Crippen molar-refractivity contribution in [3.05, 3.63) is 23.7 Å². The van der Waals surface area contributed by atoms with Crippen molar-refractivity contribution in [2.45, 2.75) is 52.0 Å². The van der Waals surface area contributed by atoms with Crippen LogP contribution in [0.4, 0.5) is 24.7 Å². The van der Waals surface area contributed by atoms with Gasteiger partial charge in [0, 0.05) is 12.6 Å². The Morgan fingerprint density at radius 2 is 2.07 bits per heavy atom. The Kier molecular flexibility index (Phi) is 5.68. The summed E-state index contributed by atoms with van der Waals surface area (Å²) in [6.45, 7) is 6.13. The number of fused-ring (bicyclic) bond motifs is 1. The summed E-state index contributed by atoms with van der Waals surface area (Å²) < 4.78 is 42.4. The van der Waals surface area contributed by atoms with Crippen LogP contribution in [-0.2, 0) is 6.54 Å². The van der Waals surface area contributed by atoms with E-state index in [0.717, 1.165) is 16.6 Å². The molecule has 3 rings (SSSR count). The zero-order chi connectivity index (χ0) is 21.3. The maximum Gasteiger partial charge on any atom is 0.410 e. The fourth-order valence-corrected chi connectivity index (χ4v) is 3.29. The number of thiocarbonyl (C=S) groups is 1. The topological polar surface area (TPSA) is 101 Å². The van der Waals surface area contributed by atoms with Gasteiger partial charge in [-0.15, -0.1) is 0 Å². The largest absolute Gasteiger partial charge is 0.410 e. The van der Waals surface area contributed by atoms with E-state index >= 15 is 0 Å². The van der Waals surface area contributed by atoms with Crippen LogP contribution in [-0.4, -0.2) is 42.8 Å². The Labute approximate surface area is 170 Å². The van der Waals surface area contributed by atoms with Crippen molar-refractivity contribution in [1.82, 2.24) is 30.4 Å². The van der Waals surface area contributed by atoms with E-state index in [0.29, 0.717) is 12.2 Å². The van der Waals surface area contributed by atoms with Crippen LogP contribution in [0, 0.1) is 6.92 Å². The Morgan fingerprint density at radius 1 is 1.34 bits per heavy atom. The number of aryl methyl sites for hydroxylation is 1. The Morgan fingerprint density at radius 3 is 2.69 bits per heavy atom. The SMILES string of the molecule is CCn1ncc(NC(=S)NNC(=O)c2cnn3c2N[C@@H](C)C[C@@H]3C(F)(F)F)c1C. The van der Waals surface area contributed by atoms with Crippen molar-refractivity contribution < 1.29 is 18.0 Å². The summed E-state index contributed by atoms with van der Waals surface area (Å²) in [5.41, 5.74) is 6.42. The monoisotopic (exact) mass is 430 g/mol. The number of rotatable bonds is 3. The molecule has 29 heavy (non-hydrogen) atoms. The number of alkyl halides is 3. The molecule has 0 fully saturated rings. The first-order chi connectivity index (χ1) is 13.6.